The van der Waals surface area contributed by atoms with Crippen molar-refractivity contribution < 1.29 is 0 Å². The lowest BCUT2D eigenvalue weighted by atomic mass is 9.96. The van der Waals surface area contributed by atoms with Crippen LogP contribution in [0.1, 0.15) is 30.9 Å². The van der Waals surface area contributed by atoms with E-state index in [0.717, 1.165) is 24.0 Å². The molecule has 19 heavy (non-hydrogen) atoms. The van der Waals surface area contributed by atoms with E-state index < -0.39 is 0 Å². The number of likely N-dealkylation sites (tertiary alicyclic amines) is 1. The lowest BCUT2D eigenvalue weighted by Crippen LogP contribution is -2.37. The lowest BCUT2D eigenvalue weighted by Gasteiger charge is -2.31. The number of hydrogen-bond acceptors (Lipinski definition) is 2. The van der Waals surface area contributed by atoms with Gasteiger partial charge in [0.2, 0.25) is 0 Å². The summed E-state index contributed by atoms with van der Waals surface area (Å²) in [6.45, 7) is 10.2. The van der Waals surface area contributed by atoms with Crippen LogP contribution in [0.15, 0.2) is 18.2 Å². The predicted octanol–water partition coefficient (Wildman–Crippen LogP) is 3.47. The molecule has 0 amide bonds. The molecule has 1 heterocycles. The number of halogens is 1. The number of piperidine rings is 1. The van der Waals surface area contributed by atoms with E-state index in [9.17, 15) is 0 Å². The number of nitrogens with one attached hydrogen (secondary N) is 1. The van der Waals surface area contributed by atoms with Gasteiger partial charge in [-0.15, -0.1) is 0 Å². The van der Waals surface area contributed by atoms with Crippen LogP contribution < -0.4 is 5.32 Å². The molecule has 1 aliphatic rings. The SMILES string of the molecule is CCN1CCC(CNCc2ccc(Cl)cc2C)CC1. The van der Waals surface area contributed by atoms with E-state index in [4.69, 9.17) is 11.6 Å². The standard InChI is InChI=1S/C16H25ClN2/c1-3-19-8-6-14(7-9-19)11-18-12-15-4-5-16(17)10-13(15)2/h4-5,10,14,18H,3,6-9,11-12H2,1-2H3. The van der Waals surface area contributed by atoms with Crippen molar-refractivity contribution in [1.82, 2.24) is 10.2 Å². The summed E-state index contributed by atoms with van der Waals surface area (Å²) < 4.78 is 0. The average Bonchev–Trinajstić information content (AvgIpc) is 2.42. The maximum absolute atomic E-state index is 5.98. The second-order valence-electron chi connectivity index (χ2n) is 5.58. The van der Waals surface area contributed by atoms with Crippen LogP contribution in [0.5, 0.6) is 0 Å². The third-order valence-electron chi connectivity index (χ3n) is 4.21. The highest BCUT2D eigenvalue weighted by atomic mass is 35.5. The highest BCUT2D eigenvalue weighted by Gasteiger charge is 2.17. The Morgan fingerprint density at radius 1 is 1.32 bits per heavy atom. The maximum atomic E-state index is 5.98. The molecule has 0 spiro atoms. The molecule has 1 fully saturated rings. The van der Waals surface area contributed by atoms with Crippen LogP contribution in [0.2, 0.25) is 5.02 Å². The summed E-state index contributed by atoms with van der Waals surface area (Å²) in [6.07, 6.45) is 2.67. The quantitative estimate of drug-likeness (QED) is 0.888. The largest absolute Gasteiger partial charge is 0.312 e. The van der Waals surface area contributed by atoms with Gasteiger partial charge in [0.1, 0.15) is 0 Å². The fourth-order valence-electron chi connectivity index (χ4n) is 2.78. The number of hydrogen-bond donors (Lipinski definition) is 1. The Kier molecular flexibility index (Phi) is 5.68. The Bertz CT molecular complexity index is 398. The van der Waals surface area contributed by atoms with Gasteiger partial charge in [0.05, 0.1) is 0 Å². The molecule has 0 unspecified atom stereocenters. The normalized spacial score (nSPS) is 17.8. The minimum Gasteiger partial charge on any atom is -0.312 e. The van der Waals surface area contributed by atoms with E-state index in [2.05, 4.69) is 30.1 Å². The zero-order valence-corrected chi connectivity index (χ0v) is 12.8. The fraction of sp³-hybridized carbons (Fsp3) is 0.625. The first kappa shape index (κ1) is 14.8. The van der Waals surface area contributed by atoms with Crippen molar-refractivity contribution in [3.63, 3.8) is 0 Å². The van der Waals surface area contributed by atoms with Gasteiger partial charge in [-0.25, -0.2) is 0 Å². The third kappa shape index (κ3) is 4.48. The average molecular weight is 281 g/mol. The Hall–Kier alpha value is -0.570. The van der Waals surface area contributed by atoms with Crippen LogP contribution in [0.25, 0.3) is 0 Å². The molecule has 1 saturated heterocycles. The van der Waals surface area contributed by atoms with Crippen LogP contribution in [-0.2, 0) is 6.54 Å². The second-order valence-corrected chi connectivity index (χ2v) is 6.02. The number of nitrogens with zero attached hydrogens (tertiary/aromatic N) is 1. The highest BCUT2D eigenvalue weighted by Crippen LogP contribution is 2.17. The molecule has 0 saturated carbocycles. The zero-order valence-electron chi connectivity index (χ0n) is 12.1. The Morgan fingerprint density at radius 3 is 2.68 bits per heavy atom. The van der Waals surface area contributed by atoms with Gasteiger partial charge in [-0.3, -0.25) is 0 Å². The molecule has 2 nitrogen and oxygen atoms in total. The van der Waals surface area contributed by atoms with E-state index in [1.807, 2.05) is 12.1 Å². The van der Waals surface area contributed by atoms with Gasteiger partial charge in [-0.2, -0.15) is 0 Å². The molecule has 0 atom stereocenters. The summed E-state index contributed by atoms with van der Waals surface area (Å²) in [7, 11) is 0. The first-order valence-corrected chi connectivity index (χ1v) is 7.75. The monoisotopic (exact) mass is 280 g/mol. The summed E-state index contributed by atoms with van der Waals surface area (Å²) >= 11 is 5.98. The number of rotatable bonds is 5. The van der Waals surface area contributed by atoms with Gasteiger partial charge in [0.15, 0.2) is 0 Å². The van der Waals surface area contributed by atoms with Gasteiger partial charge in [0, 0.05) is 11.6 Å². The fourth-order valence-corrected chi connectivity index (χ4v) is 3.00. The summed E-state index contributed by atoms with van der Waals surface area (Å²) in [5.41, 5.74) is 2.64. The molecule has 2 rings (SSSR count). The van der Waals surface area contributed by atoms with Crippen molar-refractivity contribution in [2.24, 2.45) is 5.92 Å². The molecule has 1 N–H and O–H groups in total. The summed E-state index contributed by atoms with van der Waals surface area (Å²) in [5, 5.41) is 4.43. The molecular formula is C16H25ClN2. The minimum absolute atomic E-state index is 0.827. The third-order valence-corrected chi connectivity index (χ3v) is 4.44. The van der Waals surface area contributed by atoms with Gasteiger partial charge in [0.25, 0.3) is 0 Å². The molecule has 1 aromatic rings. The van der Waals surface area contributed by atoms with Crippen molar-refractivity contribution >= 4 is 11.6 Å². The van der Waals surface area contributed by atoms with Crippen LogP contribution in [-0.4, -0.2) is 31.1 Å². The molecule has 0 radical (unpaired) electrons. The van der Waals surface area contributed by atoms with E-state index in [1.165, 1.54) is 43.6 Å². The van der Waals surface area contributed by atoms with Crippen molar-refractivity contribution in [2.45, 2.75) is 33.2 Å². The zero-order chi connectivity index (χ0) is 13.7. The molecule has 106 valence electrons. The number of aryl methyl sites for hydroxylation is 1. The minimum atomic E-state index is 0.827. The molecule has 1 aliphatic heterocycles. The molecule has 0 aromatic heterocycles. The van der Waals surface area contributed by atoms with E-state index in [1.54, 1.807) is 0 Å². The first-order chi connectivity index (χ1) is 9.19. The van der Waals surface area contributed by atoms with E-state index >= 15 is 0 Å². The van der Waals surface area contributed by atoms with Crippen LogP contribution >= 0.6 is 11.6 Å². The van der Waals surface area contributed by atoms with Crippen molar-refractivity contribution in [1.29, 1.82) is 0 Å². The van der Waals surface area contributed by atoms with Crippen LogP contribution in [0.4, 0.5) is 0 Å². The van der Waals surface area contributed by atoms with Gasteiger partial charge < -0.3 is 10.2 Å². The molecular weight excluding hydrogens is 256 g/mol. The summed E-state index contributed by atoms with van der Waals surface area (Å²) in [4.78, 5) is 2.54. The van der Waals surface area contributed by atoms with Crippen molar-refractivity contribution in [2.75, 3.05) is 26.2 Å². The van der Waals surface area contributed by atoms with Crippen molar-refractivity contribution in [3.05, 3.63) is 34.3 Å². The van der Waals surface area contributed by atoms with E-state index in [0.29, 0.717) is 0 Å². The number of benzene rings is 1. The molecule has 0 bridgehead atoms. The van der Waals surface area contributed by atoms with Crippen LogP contribution in [0, 0.1) is 12.8 Å². The van der Waals surface area contributed by atoms with Crippen molar-refractivity contribution in [3.8, 4) is 0 Å². The maximum Gasteiger partial charge on any atom is 0.0408 e. The van der Waals surface area contributed by atoms with Crippen LogP contribution in [0.3, 0.4) is 0 Å². The lowest BCUT2D eigenvalue weighted by molar-refractivity contribution is 0.190. The first-order valence-electron chi connectivity index (χ1n) is 7.37. The second kappa shape index (κ2) is 7.28. The Labute approximate surface area is 122 Å². The predicted molar refractivity (Wildman–Crippen MR) is 82.7 cm³/mol. The Balaban J connectivity index is 1.72. The molecule has 3 heteroatoms. The molecule has 0 aliphatic carbocycles. The summed E-state index contributed by atoms with van der Waals surface area (Å²) in [5.74, 6) is 0.843. The summed E-state index contributed by atoms with van der Waals surface area (Å²) in [6, 6.07) is 6.15. The van der Waals surface area contributed by atoms with Gasteiger partial charge in [-0.05, 0) is 75.1 Å². The topological polar surface area (TPSA) is 15.3 Å². The smallest absolute Gasteiger partial charge is 0.0408 e. The van der Waals surface area contributed by atoms with Gasteiger partial charge in [-0.1, -0.05) is 24.6 Å². The molecule has 1 aromatic carbocycles. The Morgan fingerprint density at radius 2 is 2.05 bits per heavy atom. The van der Waals surface area contributed by atoms with Gasteiger partial charge >= 0.3 is 0 Å². The highest BCUT2D eigenvalue weighted by molar-refractivity contribution is 6.30. The van der Waals surface area contributed by atoms with E-state index in [-0.39, 0.29) is 0 Å².